The van der Waals surface area contributed by atoms with E-state index in [1.165, 1.54) is 31.3 Å². The van der Waals surface area contributed by atoms with Crippen molar-refractivity contribution >= 4 is 17.7 Å². The Hall–Kier alpha value is -3.16. The van der Waals surface area contributed by atoms with E-state index in [-0.39, 0.29) is 16.8 Å². The second-order valence-corrected chi connectivity index (χ2v) is 5.55. The van der Waals surface area contributed by atoms with Crippen molar-refractivity contribution in [3.8, 4) is 0 Å². The average Bonchev–Trinajstić information content (AvgIpc) is 2.80. The van der Waals surface area contributed by atoms with Crippen LogP contribution in [0.1, 0.15) is 39.4 Å². The number of nitrogens with zero attached hydrogens (tertiary/aromatic N) is 2. The summed E-state index contributed by atoms with van der Waals surface area (Å²) in [5, 5.41) is 2.48. The SMILES string of the molecule is C[C@H](NC(=O)CN1C(=O)c2cccnc2C1=O)c1ccc(F)cc1F. The molecule has 0 saturated heterocycles. The molecule has 8 heteroatoms. The zero-order valence-corrected chi connectivity index (χ0v) is 13.1. The maximum absolute atomic E-state index is 13.7. The summed E-state index contributed by atoms with van der Waals surface area (Å²) >= 11 is 0. The molecule has 0 spiro atoms. The summed E-state index contributed by atoms with van der Waals surface area (Å²) in [4.78, 5) is 41.1. The molecule has 0 aliphatic carbocycles. The van der Waals surface area contributed by atoms with Crippen LogP contribution in [0.2, 0.25) is 0 Å². The van der Waals surface area contributed by atoms with Gasteiger partial charge in [0.25, 0.3) is 11.8 Å². The quantitative estimate of drug-likeness (QED) is 0.858. The van der Waals surface area contributed by atoms with Crippen LogP contribution in [0.5, 0.6) is 0 Å². The molecule has 2 aromatic rings. The maximum atomic E-state index is 13.7. The number of halogens is 2. The van der Waals surface area contributed by atoms with Crippen LogP contribution in [-0.2, 0) is 4.79 Å². The molecule has 3 amide bonds. The Balaban J connectivity index is 1.69. The average molecular weight is 345 g/mol. The molecule has 1 aliphatic rings. The van der Waals surface area contributed by atoms with Crippen LogP contribution in [0.4, 0.5) is 8.78 Å². The van der Waals surface area contributed by atoms with Gasteiger partial charge in [-0.2, -0.15) is 0 Å². The van der Waals surface area contributed by atoms with Crippen LogP contribution in [0.15, 0.2) is 36.5 Å². The first-order chi connectivity index (χ1) is 11.9. The Kier molecular flexibility index (Phi) is 4.26. The number of imide groups is 1. The normalized spacial score (nSPS) is 14.4. The number of benzene rings is 1. The van der Waals surface area contributed by atoms with Gasteiger partial charge in [0.2, 0.25) is 5.91 Å². The van der Waals surface area contributed by atoms with E-state index in [1.807, 2.05) is 0 Å². The number of carbonyl (C=O) groups excluding carboxylic acids is 3. The van der Waals surface area contributed by atoms with Crippen molar-refractivity contribution in [1.82, 2.24) is 15.2 Å². The van der Waals surface area contributed by atoms with Gasteiger partial charge in [-0.15, -0.1) is 0 Å². The molecule has 0 saturated carbocycles. The third-order valence-corrected chi connectivity index (χ3v) is 3.84. The van der Waals surface area contributed by atoms with Crippen molar-refractivity contribution in [3.05, 3.63) is 65.0 Å². The lowest BCUT2D eigenvalue weighted by Crippen LogP contribution is -2.41. The fraction of sp³-hybridized carbons (Fsp3) is 0.176. The summed E-state index contributed by atoms with van der Waals surface area (Å²) in [7, 11) is 0. The minimum Gasteiger partial charge on any atom is -0.348 e. The van der Waals surface area contributed by atoms with E-state index in [4.69, 9.17) is 0 Å². The molecule has 0 fully saturated rings. The van der Waals surface area contributed by atoms with E-state index < -0.39 is 41.9 Å². The molecule has 3 rings (SSSR count). The smallest absolute Gasteiger partial charge is 0.280 e. The summed E-state index contributed by atoms with van der Waals surface area (Å²) in [6, 6.07) is 5.23. The first kappa shape index (κ1) is 16.7. The molecule has 25 heavy (non-hydrogen) atoms. The summed E-state index contributed by atoms with van der Waals surface area (Å²) < 4.78 is 26.7. The van der Waals surface area contributed by atoms with Gasteiger partial charge in [-0.25, -0.2) is 8.78 Å². The zero-order chi connectivity index (χ0) is 18.1. The minimum absolute atomic E-state index is 0.00192. The zero-order valence-electron chi connectivity index (χ0n) is 13.1. The monoisotopic (exact) mass is 345 g/mol. The van der Waals surface area contributed by atoms with Crippen molar-refractivity contribution in [2.45, 2.75) is 13.0 Å². The van der Waals surface area contributed by atoms with Crippen LogP contribution in [0.25, 0.3) is 0 Å². The van der Waals surface area contributed by atoms with Gasteiger partial charge in [-0.1, -0.05) is 6.07 Å². The van der Waals surface area contributed by atoms with Gasteiger partial charge in [0.1, 0.15) is 23.9 Å². The van der Waals surface area contributed by atoms with Gasteiger partial charge in [-0.05, 0) is 25.1 Å². The standard InChI is InChI=1S/C17H13F2N3O3/c1-9(11-5-4-10(18)7-13(11)19)21-14(23)8-22-16(24)12-3-2-6-20-15(12)17(22)25/h2-7,9H,8H2,1H3,(H,21,23)/t9-/m0/s1. The molecule has 1 aromatic carbocycles. The van der Waals surface area contributed by atoms with Gasteiger partial charge in [0, 0.05) is 17.8 Å². The molecule has 1 N–H and O–H groups in total. The Morgan fingerprint density at radius 3 is 2.68 bits per heavy atom. The second kappa shape index (κ2) is 6.39. The van der Waals surface area contributed by atoms with Gasteiger partial charge in [0.15, 0.2) is 0 Å². The highest BCUT2D eigenvalue weighted by atomic mass is 19.1. The number of pyridine rings is 1. The van der Waals surface area contributed by atoms with Gasteiger partial charge in [0.05, 0.1) is 11.6 Å². The molecular formula is C17H13F2N3O3. The Bertz CT molecular complexity index is 850. The third-order valence-electron chi connectivity index (χ3n) is 3.84. The first-order valence-electron chi connectivity index (χ1n) is 7.44. The van der Waals surface area contributed by atoms with Crippen LogP contribution in [0.3, 0.4) is 0 Å². The summed E-state index contributed by atoms with van der Waals surface area (Å²) in [6.07, 6.45) is 1.38. The Labute approximate surface area is 141 Å². The number of amides is 3. The predicted molar refractivity (Wildman–Crippen MR) is 82.5 cm³/mol. The molecule has 1 atom stereocenters. The molecule has 6 nitrogen and oxygen atoms in total. The number of fused-ring (bicyclic) bond motifs is 1. The van der Waals surface area contributed by atoms with Crippen molar-refractivity contribution < 1.29 is 23.2 Å². The molecule has 1 aromatic heterocycles. The van der Waals surface area contributed by atoms with E-state index in [1.54, 1.807) is 0 Å². The molecule has 0 radical (unpaired) electrons. The lowest BCUT2D eigenvalue weighted by Gasteiger charge is -2.18. The summed E-state index contributed by atoms with van der Waals surface area (Å²) in [5.41, 5.74) is 0.231. The minimum atomic E-state index is -0.794. The first-order valence-corrected chi connectivity index (χ1v) is 7.44. The molecular weight excluding hydrogens is 332 g/mol. The number of nitrogens with one attached hydrogen (secondary N) is 1. The highest BCUT2D eigenvalue weighted by molar-refractivity contribution is 6.21. The number of aromatic nitrogens is 1. The van der Waals surface area contributed by atoms with E-state index in [9.17, 15) is 23.2 Å². The lowest BCUT2D eigenvalue weighted by atomic mass is 10.1. The van der Waals surface area contributed by atoms with E-state index in [0.717, 1.165) is 11.0 Å². The fourth-order valence-electron chi connectivity index (χ4n) is 2.62. The van der Waals surface area contributed by atoms with Crippen LogP contribution in [-0.4, -0.2) is 34.2 Å². The van der Waals surface area contributed by atoms with Gasteiger partial charge >= 0.3 is 0 Å². The molecule has 128 valence electrons. The maximum Gasteiger partial charge on any atom is 0.280 e. The fourth-order valence-corrected chi connectivity index (χ4v) is 2.62. The number of carbonyl (C=O) groups is 3. The number of hydrogen-bond acceptors (Lipinski definition) is 4. The van der Waals surface area contributed by atoms with Crippen molar-refractivity contribution in [2.75, 3.05) is 6.54 Å². The van der Waals surface area contributed by atoms with E-state index in [2.05, 4.69) is 10.3 Å². The highest BCUT2D eigenvalue weighted by Crippen LogP contribution is 2.21. The largest absolute Gasteiger partial charge is 0.348 e. The Morgan fingerprint density at radius 2 is 2.00 bits per heavy atom. The molecule has 1 aliphatic heterocycles. The second-order valence-electron chi connectivity index (χ2n) is 5.55. The summed E-state index contributed by atoms with van der Waals surface area (Å²) in [5.74, 6) is -3.43. The third kappa shape index (κ3) is 3.10. The molecule has 2 heterocycles. The molecule has 0 bridgehead atoms. The van der Waals surface area contributed by atoms with Gasteiger partial charge < -0.3 is 5.32 Å². The van der Waals surface area contributed by atoms with Crippen LogP contribution in [0, 0.1) is 11.6 Å². The lowest BCUT2D eigenvalue weighted by molar-refractivity contribution is -0.122. The molecule has 0 unspecified atom stereocenters. The Morgan fingerprint density at radius 1 is 1.24 bits per heavy atom. The topological polar surface area (TPSA) is 79.4 Å². The predicted octanol–water partition coefficient (Wildman–Crippen LogP) is 1.83. The summed E-state index contributed by atoms with van der Waals surface area (Å²) in [6.45, 7) is 0.999. The van der Waals surface area contributed by atoms with E-state index in [0.29, 0.717) is 6.07 Å². The van der Waals surface area contributed by atoms with Crippen LogP contribution >= 0.6 is 0 Å². The van der Waals surface area contributed by atoms with Crippen molar-refractivity contribution in [3.63, 3.8) is 0 Å². The van der Waals surface area contributed by atoms with E-state index >= 15 is 0 Å². The highest BCUT2D eigenvalue weighted by Gasteiger charge is 2.37. The van der Waals surface area contributed by atoms with Crippen molar-refractivity contribution in [1.29, 1.82) is 0 Å². The number of hydrogen-bond donors (Lipinski definition) is 1. The van der Waals surface area contributed by atoms with Crippen LogP contribution < -0.4 is 5.32 Å². The number of rotatable bonds is 4. The van der Waals surface area contributed by atoms with Gasteiger partial charge in [-0.3, -0.25) is 24.3 Å². The van der Waals surface area contributed by atoms with Crippen molar-refractivity contribution in [2.24, 2.45) is 0 Å².